The smallest absolute Gasteiger partial charge is 0.195 e. The number of H-pyrrole nitrogens is 2. The average Bonchev–Trinajstić information content (AvgIpc) is 2.96. The highest BCUT2D eigenvalue weighted by Gasteiger charge is 2.01. The van der Waals surface area contributed by atoms with Crippen molar-refractivity contribution < 1.29 is 0 Å². The average molecular weight is 329 g/mol. The van der Waals surface area contributed by atoms with E-state index in [0.717, 1.165) is 10.3 Å². The van der Waals surface area contributed by atoms with Crippen LogP contribution in [0.1, 0.15) is 0 Å². The molecule has 12 heteroatoms. The molecular formula is C4H4N6S6. The molecule has 0 spiro atoms. The lowest BCUT2D eigenvalue weighted by Gasteiger charge is -1.95. The zero-order chi connectivity index (χ0) is 11.1. The highest BCUT2D eigenvalue weighted by molar-refractivity contribution is 9.41. The van der Waals surface area contributed by atoms with Gasteiger partial charge in [0.25, 0.3) is 0 Å². The topological polar surface area (TPSA) is 83.1 Å². The lowest BCUT2D eigenvalue weighted by molar-refractivity contribution is 0.979. The van der Waals surface area contributed by atoms with Crippen LogP contribution in [0, 0.1) is 0 Å². The number of aromatic nitrogens is 6. The van der Waals surface area contributed by atoms with Crippen LogP contribution in [0.3, 0.4) is 0 Å². The third-order valence-electron chi connectivity index (χ3n) is 1.10. The minimum atomic E-state index is 0.811. The summed E-state index contributed by atoms with van der Waals surface area (Å²) in [6.45, 7) is 0. The number of hydrogen-bond acceptors (Lipinski definition) is 10. The summed E-state index contributed by atoms with van der Waals surface area (Å²) in [6, 6.07) is 0. The molecule has 2 rings (SSSR count). The monoisotopic (exact) mass is 328 g/mol. The minimum absolute atomic E-state index is 0.811. The Kier molecular flexibility index (Phi) is 6.14. The highest BCUT2D eigenvalue weighted by atomic mass is 33.9. The third-order valence-corrected chi connectivity index (χ3v) is 11.2. The van der Waals surface area contributed by atoms with Crippen LogP contribution in [0.15, 0.2) is 23.0 Å². The molecule has 86 valence electrons. The van der Waals surface area contributed by atoms with Crippen molar-refractivity contribution in [3.63, 3.8) is 0 Å². The van der Waals surface area contributed by atoms with Crippen molar-refractivity contribution in [3.8, 4) is 0 Å². The Hall–Kier alpha value is 0.380. The molecule has 0 atom stereocenters. The van der Waals surface area contributed by atoms with E-state index in [1.165, 1.54) is 12.7 Å². The normalized spacial score (nSPS) is 10.8. The lowest BCUT2D eigenvalue weighted by Crippen LogP contribution is -1.67. The summed E-state index contributed by atoms with van der Waals surface area (Å²) in [5.74, 6) is 0. The molecule has 0 saturated heterocycles. The molecule has 0 unspecified atom stereocenters. The second-order valence-electron chi connectivity index (χ2n) is 2.02. The SMILES string of the molecule is c1n[nH]c(SSSSSSc2ncn[nH]2)n1. The Morgan fingerprint density at radius 2 is 1.25 bits per heavy atom. The molecule has 2 aromatic heterocycles. The van der Waals surface area contributed by atoms with Gasteiger partial charge in [-0.1, -0.05) is 0 Å². The summed E-state index contributed by atoms with van der Waals surface area (Å²) >= 11 is 0. The molecule has 0 saturated carbocycles. The predicted octanol–water partition coefficient (Wildman–Crippen LogP) is 3.32. The number of hydrogen-bond donors (Lipinski definition) is 2. The van der Waals surface area contributed by atoms with Crippen molar-refractivity contribution in [2.75, 3.05) is 0 Å². The fourth-order valence-corrected chi connectivity index (χ4v) is 10.8. The van der Waals surface area contributed by atoms with Crippen molar-refractivity contribution in [2.24, 2.45) is 0 Å². The Morgan fingerprint density at radius 3 is 1.62 bits per heavy atom. The van der Waals surface area contributed by atoms with Gasteiger partial charge < -0.3 is 0 Å². The highest BCUT2D eigenvalue weighted by Crippen LogP contribution is 2.54. The van der Waals surface area contributed by atoms with Crippen LogP contribution in [-0.4, -0.2) is 30.4 Å². The predicted molar refractivity (Wildman–Crippen MR) is 74.8 cm³/mol. The van der Waals surface area contributed by atoms with Gasteiger partial charge in [-0.15, -0.1) is 0 Å². The molecule has 0 aliphatic heterocycles. The van der Waals surface area contributed by atoms with E-state index in [1.807, 2.05) is 0 Å². The van der Waals surface area contributed by atoms with Crippen LogP contribution in [-0.2, 0) is 0 Å². The van der Waals surface area contributed by atoms with E-state index in [9.17, 15) is 0 Å². The molecule has 6 nitrogen and oxygen atoms in total. The van der Waals surface area contributed by atoms with Gasteiger partial charge in [0.05, 0.1) is 0 Å². The molecule has 2 N–H and O–H groups in total. The van der Waals surface area contributed by atoms with E-state index >= 15 is 0 Å². The van der Waals surface area contributed by atoms with Crippen LogP contribution in [0.5, 0.6) is 0 Å². The Morgan fingerprint density at radius 1 is 0.750 bits per heavy atom. The molecule has 16 heavy (non-hydrogen) atoms. The van der Waals surface area contributed by atoms with Crippen LogP contribution in [0.25, 0.3) is 0 Å². The van der Waals surface area contributed by atoms with Crippen molar-refractivity contribution in [1.29, 1.82) is 0 Å². The molecule has 0 fully saturated rings. The van der Waals surface area contributed by atoms with Crippen LogP contribution >= 0.6 is 60.9 Å². The molecule has 0 aliphatic carbocycles. The molecule has 0 aliphatic rings. The van der Waals surface area contributed by atoms with Gasteiger partial charge in [0.15, 0.2) is 10.3 Å². The maximum atomic E-state index is 3.99. The van der Waals surface area contributed by atoms with Crippen molar-refractivity contribution in [3.05, 3.63) is 12.7 Å². The van der Waals surface area contributed by atoms with Crippen molar-refractivity contribution >= 4 is 60.9 Å². The van der Waals surface area contributed by atoms with E-state index in [4.69, 9.17) is 0 Å². The van der Waals surface area contributed by atoms with E-state index in [1.54, 1.807) is 60.9 Å². The van der Waals surface area contributed by atoms with Crippen molar-refractivity contribution in [2.45, 2.75) is 10.3 Å². The molecule has 0 amide bonds. The minimum Gasteiger partial charge on any atom is -0.254 e. The first-order chi connectivity index (χ1) is 7.95. The van der Waals surface area contributed by atoms with Gasteiger partial charge in [0.1, 0.15) is 12.7 Å². The van der Waals surface area contributed by atoms with Crippen molar-refractivity contribution in [1.82, 2.24) is 30.4 Å². The third kappa shape index (κ3) is 4.71. The van der Waals surface area contributed by atoms with E-state index in [2.05, 4.69) is 30.4 Å². The second kappa shape index (κ2) is 7.66. The largest absolute Gasteiger partial charge is 0.254 e. The standard InChI is InChI=1S/C4H4N6S6/c1-5-3(9-7-1)11-13-15-16-14-12-4-6-2-8-10-4/h1-2H,(H,5,7,9)(H,6,8,10). The van der Waals surface area contributed by atoms with Gasteiger partial charge in [-0.25, -0.2) is 9.97 Å². The zero-order valence-electron chi connectivity index (χ0n) is 7.39. The summed E-state index contributed by atoms with van der Waals surface area (Å²) < 4.78 is 0. The van der Waals surface area contributed by atoms with Gasteiger partial charge in [-0.3, -0.25) is 10.2 Å². The quantitative estimate of drug-likeness (QED) is 0.583. The van der Waals surface area contributed by atoms with Crippen LogP contribution < -0.4 is 0 Å². The zero-order valence-corrected chi connectivity index (χ0v) is 12.3. The number of nitrogens with zero attached hydrogens (tertiary/aromatic N) is 4. The molecule has 2 aromatic rings. The first-order valence-electron chi connectivity index (χ1n) is 3.67. The molecule has 0 bridgehead atoms. The Labute approximate surface area is 113 Å². The maximum Gasteiger partial charge on any atom is 0.195 e. The maximum absolute atomic E-state index is 3.99. The van der Waals surface area contributed by atoms with E-state index < -0.39 is 0 Å². The summed E-state index contributed by atoms with van der Waals surface area (Å²) in [7, 11) is 9.68. The summed E-state index contributed by atoms with van der Waals surface area (Å²) in [6.07, 6.45) is 2.99. The van der Waals surface area contributed by atoms with E-state index in [0.29, 0.717) is 0 Å². The molecule has 0 radical (unpaired) electrons. The van der Waals surface area contributed by atoms with Gasteiger partial charge in [0, 0.05) is 0 Å². The molecule has 2 heterocycles. The first-order valence-corrected chi connectivity index (χ1v) is 11.2. The number of rotatable bonds is 7. The lowest BCUT2D eigenvalue weighted by atomic mass is 11.3. The van der Waals surface area contributed by atoms with Gasteiger partial charge in [-0.05, 0) is 60.9 Å². The molecule has 0 aromatic carbocycles. The molecular weight excluding hydrogens is 324 g/mol. The Bertz CT molecular complexity index is 337. The van der Waals surface area contributed by atoms with Gasteiger partial charge in [-0.2, -0.15) is 10.2 Å². The summed E-state index contributed by atoms with van der Waals surface area (Å²) in [4.78, 5) is 7.98. The fraction of sp³-hybridized carbons (Fsp3) is 0. The van der Waals surface area contributed by atoms with Gasteiger partial charge >= 0.3 is 0 Å². The number of nitrogens with one attached hydrogen (secondary N) is 2. The second-order valence-corrected chi connectivity index (χ2v) is 11.2. The van der Waals surface area contributed by atoms with Crippen LogP contribution in [0.2, 0.25) is 0 Å². The fourth-order valence-electron chi connectivity index (χ4n) is 0.584. The number of aromatic amines is 2. The summed E-state index contributed by atoms with van der Waals surface area (Å²) in [5, 5.41) is 14.7. The van der Waals surface area contributed by atoms with Crippen LogP contribution in [0.4, 0.5) is 0 Å². The van der Waals surface area contributed by atoms with E-state index in [-0.39, 0.29) is 0 Å². The Balaban J connectivity index is 1.49. The van der Waals surface area contributed by atoms with Gasteiger partial charge in [0.2, 0.25) is 0 Å². The summed E-state index contributed by atoms with van der Waals surface area (Å²) in [5.41, 5.74) is 0. The first kappa shape index (κ1) is 12.8.